The molecule has 0 radical (unpaired) electrons. The maximum atomic E-state index is 12.6. The van der Waals surface area contributed by atoms with Crippen LogP contribution < -0.4 is 20.3 Å². The number of benzene rings is 2. The number of piperidine rings is 1. The van der Waals surface area contributed by atoms with Gasteiger partial charge >= 0.3 is 0 Å². The third-order valence-corrected chi connectivity index (χ3v) is 5.88. The zero-order valence-electron chi connectivity index (χ0n) is 20.3. The van der Waals surface area contributed by atoms with Gasteiger partial charge in [0.05, 0.1) is 13.7 Å². The van der Waals surface area contributed by atoms with E-state index in [0.717, 1.165) is 18.4 Å². The number of likely N-dealkylation sites (tertiary alicyclic amines) is 1. The first-order chi connectivity index (χ1) is 17.0. The summed E-state index contributed by atoms with van der Waals surface area (Å²) in [6, 6.07) is 14.5. The number of hydrogen-bond acceptors (Lipinski definition) is 5. The van der Waals surface area contributed by atoms with E-state index in [2.05, 4.69) is 17.8 Å². The number of methoxy groups -OCH3 is 1. The number of unbranched alkanes of at least 4 members (excludes halogenated alkanes) is 1. The quantitative estimate of drug-likeness (QED) is 0.326. The Hall–Kier alpha value is -3.81. The van der Waals surface area contributed by atoms with Gasteiger partial charge in [0.15, 0.2) is 11.5 Å². The van der Waals surface area contributed by atoms with Gasteiger partial charge in [0.25, 0.3) is 5.91 Å². The van der Waals surface area contributed by atoms with Crippen LogP contribution >= 0.6 is 0 Å². The molecular formula is C27H33N3O5. The predicted molar refractivity (Wildman–Crippen MR) is 134 cm³/mol. The second-order valence-electron chi connectivity index (χ2n) is 8.35. The topological polar surface area (TPSA) is 97.0 Å². The Morgan fingerprint density at radius 2 is 1.77 bits per heavy atom. The van der Waals surface area contributed by atoms with Crippen LogP contribution in [0.2, 0.25) is 0 Å². The number of carbonyl (C=O) groups excluding carboxylic acids is 3. The molecule has 0 bridgehead atoms. The van der Waals surface area contributed by atoms with Crippen molar-refractivity contribution in [2.24, 2.45) is 5.92 Å². The molecule has 8 heteroatoms. The number of nitrogens with one attached hydrogen (secondary N) is 2. The fourth-order valence-electron chi connectivity index (χ4n) is 3.75. The summed E-state index contributed by atoms with van der Waals surface area (Å²) in [5, 5.41) is 0. The molecule has 0 aromatic heterocycles. The smallest absolute Gasteiger partial charge is 0.269 e. The van der Waals surface area contributed by atoms with Crippen LogP contribution in [-0.2, 0) is 9.59 Å². The highest BCUT2D eigenvalue weighted by atomic mass is 16.5. The van der Waals surface area contributed by atoms with Crippen LogP contribution in [-0.4, -0.2) is 49.4 Å². The first kappa shape index (κ1) is 25.8. The lowest BCUT2D eigenvalue weighted by atomic mass is 9.96. The predicted octanol–water partition coefficient (Wildman–Crippen LogP) is 3.59. The van der Waals surface area contributed by atoms with Crippen LogP contribution in [0.5, 0.6) is 11.5 Å². The van der Waals surface area contributed by atoms with Crippen molar-refractivity contribution in [2.75, 3.05) is 26.8 Å². The van der Waals surface area contributed by atoms with E-state index in [4.69, 9.17) is 9.47 Å². The van der Waals surface area contributed by atoms with Gasteiger partial charge in [-0.3, -0.25) is 25.2 Å². The Bertz CT molecular complexity index is 1030. The molecule has 3 amide bonds. The molecule has 1 aliphatic rings. The van der Waals surface area contributed by atoms with Crippen molar-refractivity contribution in [3.8, 4) is 11.5 Å². The van der Waals surface area contributed by atoms with E-state index in [1.807, 2.05) is 30.3 Å². The molecule has 8 nitrogen and oxygen atoms in total. The summed E-state index contributed by atoms with van der Waals surface area (Å²) in [5.41, 5.74) is 6.28. The molecule has 35 heavy (non-hydrogen) atoms. The van der Waals surface area contributed by atoms with Crippen molar-refractivity contribution in [1.82, 2.24) is 15.8 Å². The minimum Gasteiger partial charge on any atom is -0.493 e. The van der Waals surface area contributed by atoms with E-state index < -0.39 is 5.91 Å². The van der Waals surface area contributed by atoms with Gasteiger partial charge in [-0.05, 0) is 49.1 Å². The van der Waals surface area contributed by atoms with Crippen molar-refractivity contribution in [3.63, 3.8) is 0 Å². The van der Waals surface area contributed by atoms with Crippen molar-refractivity contribution >= 4 is 23.8 Å². The van der Waals surface area contributed by atoms with E-state index in [1.165, 1.54) is 7.11 Å². The second kappa shape index (κ2) is 13.2. The average molecular weight is 480 g/mol. The SMILES string of the molecule is CCCCOc1ccc(C(=O)NNC(=O)C2CCN(C(=O)/C=C/c3ccccc3)CC2)cc1OC. The average Bonchev–Trinajstić information content (AvgIpc) is 2.91. The van der Waals surface area contributed by atoms with Gasteiger partial charge < -0.3 is 14.4 Å². The minimum atomic E-state index is -0.449. The fraction of sp³-hybridized carbons (Fsp3) is 0.370. The number of hydrogen-bond donors (Lipinski definition) is 2. The molecule has 2 aromatic rings. The van der Waals surface area contributed by atoms with Gasteiger partial charge in [-0.1, -0.05) is 43.7 Å². The highest BCUT2D eigenvalue weighted by Gasteiger charge is 2.27. The zero-order chi connectivity index (χ0) is 25.0. The molecule has 2 aromatic carbocycles. The lowest BCUT2D eigenvalue weighted by Gasteiger charge is -2.30. The maximum Gasteiger partial charge on any atom is 0.269 e. The number of amides is 3. The molecule has 0 aliphatic carbocycles. The Balaban J connectivity index is 1.45. The molecule has 0 spiro atoms. The van der Waals surface area contributed by atoms with Gasteiger partial charge in [-0.15, -0.1) is 0 Å². The molecule has 0 atom stereocenters. The molecule has 0 unspecified atom stereocenters. The van der Waals surface area contributed by atoms with Gasteiger partial charge in [0.2, 0.25) is 11.8 Å². The number of hydrazine groups is 1. The molecule has 1 saturated heterocycles. The first-order valence-corrected chi connectivity index (χ1v) is 11.9. The maximum absolute atomic E-state index is 12.6. The first-order valence-electron chi connectivity index (χ1n) is 11.9. The number of nitrogens with zero attached hydrogens (tertiary/aromatic N) is 1. The zero-order valence-corrected chi connectivity index (χ0v) is 20.3. The summed E-state index contributed by atoms with van der Waals surface area (Å²) >= 11 is 0. The van der Waals surface area contributed by atoms with Crippen molar-refractivity contribution in [1.29, 1.82) is 0 Å². The van der Waals surface area contributed by atoms with Crippen molar-refractivity contribution in [2.45, 2.75) is 32.6 Å². The molecule has 3 rings (SSSR count). The number of ether oxygens (including phenoxy) is 2. The standard InChI is InChI=1S/C27H33N3O5/c1-3-4-18-35-23-12-11-22(19-24(23)34-2)27(33)29-28-26(32)21-14-16-30(17-15-21)25(31)13-10-20-8-6-5-7-9-20/h5-13,19,21H,3-4,14-18H2,1-2H3,(H,28,32)(H,29,33)/b13-10+. The minimum absolute atomic E-state index is 0.0721. The fourth-order valence-corrected chi connectivity index (χ4v) is 3.75. The van der Waals surface area contributed by atoms with Gasteiger partial charge in [-0.25, -0.2) is 0 Å². The van der Waals surface area contributed by atoms with Gasteiger partial charge in [0, 0.05) is 30.6 Å². The van der Waals surface area contributed by atoms with Crippen LogP contribution in [0, 0.1) is 5.92 Å². The highest BCUT2D eigenvalue weighted by molar-refractivity contribution is 5.96. The summed E-state index contributed by atoms with van der Waals surface area (Å²) in [6.07, 6.45) is 6.35. The number of carbonyl (C=O) groups is 3. The van der Waals surface area contributed by atoms with Crippen molar-refractivity contribution < 1.29 is 23.9 Å². The Kier molecular flexibility index (Phi) is 9.71. The molecule has 1 fully saturated rings. The van der Waals surface area contributed by atoms with Crippen molar-refractivity contribution in [3.05, 3.63) is 65.7 Å². The lowest BCUT2D eigenvalue weighted by molar-refractivity contribution is -0.132. The Labute approximate surface area is 206 Å². The van der Waals surface area contributed by atoms with Gasteiger partial charge in [-0.2, -0.15) is 0 Å². The van der Waals surface area contributed by atoms with E-state index in [9.17, 15) is 14.4 Å². The monoisotopic (exact) mass is 479 g/mol. The largest absolute Gasteiger partial charge is 0.493 e. The van der Waals surface area contributed by atoms with E-state index in [0.29, 0.717) is 49.6 Å². The molecular weight excluding hydrogens is 446 g/mol. The molecule has 1 heterocycles. The summed E-state index contributed by atoms with van der Waals surface area (Å²) in [4.78, 5) is 39.2. The Morgan fingerprint density at radius 3 is 2.46 bits per heavy atom. The van der Waals surface area contributed by atoms with Gasteiger partial charge in [0.1, 0.15) is 0 Å². The third-order valence-electron chi connectivity index (χ3n) is 5.88. The third kappa shape index (κ3) is 7.60. The second-order valence-corrected chi connectivity index (χ2v) is 8.35. The van der Waals surface area contributed by atoms with Crippen LogP contribution in [0.1, 0.15) is 48.5 Å². The molecule has 0 saturated carbocycles. The normalized spacial score (nSPS) is 13.9. The van der Waals surface area contributed by atoms with Crippen LogP contribution in [0.4, 0.5) is 0 Å². The number of rotatable bonds is 9. The summed E-state index contributed by atoms with van der Waals surface area (Å²) in [5.74, 6) is -0.0366. The summed E-state index contributed by atoms with van der Waals surface area (Å²) in [6.45, 7) is 3.62. The van der Waals surface area contributed by atoms with Crippen LogP contribution in [0.3, 0.4) is 0 Å². The van der Waals surface area contributed by atoms with Crippen LogP contribution in [0.15, 0.2) is 54.6 Å². The molecule has 1 aliphatic heterocycles. The Morgan fingerprint density at radius 1 is 1.03 bits per heavy atom. The summed E-state index contributed by atoms with van der Waals surface area (Å²) < 4.78 is 11.0. The van der Waals surface area contributed by atoms with E-state index in [1.54, 1.807) is 35.3 Å². The van der Waals surface area contributed by atoms with E-state index >= 15 is 0 Å². The lowest BCUT2D eigenvalue weighted by Crippen LogP contribution is -2.48. The van der Waals surface area contributed by atoms with Crippen LogP contribution in [0.25, 0.3) is 6.08 Å². The molecule has 186 valence electrons. The summed E-state index contributed by atoms with van der Waals surface area (Å²) in [7, 11) is 1.51. The molecule has 2 N–H and O–H groups in total. The van der Waals surface area contributed by atoms with E-state index in [-0.39, 0.29) is 17.7 Å². The highest BCUT2D eigenvalue weighted by Crippen LogP contribution is 2.28.